The van der Waals surface area contributed by atoms with E-state index in [0.29, 0.717) is 0 Å². The van der Waals surface area contributed by atoms with Gasteiger partial charge in [-0.2, -0.15) is 0 Å². The van der Waals surface area contributed by atoms with E-state index in [1.165, 1.54) is 11.1 Å². The Labute approximate surface area is 128 Å². The SMILES string of the molecule is CCCC1(C(=O)N[C@@H](C)c2cccc(C)c2)CCNCC1. The molecular formula is C18H28N2O. The molecule has 1 amide bonds. The van der Waals surface area contributed by atoms with Crippen LogP contribution in [0.3, 0.4) is 0 Å². The first-order chi connectivity index (χ1) is 10.1. The molecule has 1 fully saturated rings. The minimum Gasteiger partial charge on any atom is -0.349 e. The first kappa shape index (κ1) is 16.0. The Kier molecular flexibility index (Phi) is 5.40. The van der Waals surface area contributed by atoms with Gasteiger partial charge in [0.2, 0.25) is 5.91 Å². The summed E-state index contributed by atoms with van der Waals surface area (Å²) in [5, 5.41) is 6.62. The average Bonchev–Trinajstić information content (AvgIpc) is 2.48. The third kappa shape index (κ3) is 3.85. The maximum atomic E-state index is 12.8. The van der Waals surface area contributed by atoms with Gasteiger partial charge in [0.15, 0.2) is 0 Å². The van der Waals surface area contributed by atoms with Gasteiger partial charge in [-0.25, -0.2) is 0 Å². The fourth-order valence-electron chi connectivity index (χ4n) is 3.35. The van der Waals surface area contributed by atoms with E-state index in [9.17, 15) is 4.79 Å². The summed E-state index contributed by atoms with van der Waals surface area (Å²) in [4.78, 5) is 12.8. The average molecular weight is 288 g/mol. The van der Waals surface area contributed by atoms with Gasteiger partial charge in [0.25, 0.3) is 0 Å². The van der Waals surface area contributed by atoms with Crippen LogP contribution in [0, 0.1) is 12.3 Å². The summed E-state index contributed by atoms with van der Waals surface area (Å²) in [6.07, 6.45) is 3.95. The van der Waals surface area contributed by atoms with Crippen molar-refractivity contribution in [2.75, 3.05) is 13.1 Å². The zero-order valence-corrected chi connectivity index (χ0v) is 13.5. The Morgan fingerprint density at radius 3 is 2.71 bits per heavy atom. The molecule has 0 bridgehead atoms. The molecule has 2 rings (SSSR count). The molecule has 0 unspecified atom stereocenters. The highest BCUT2D eigenvalue weighted by Crippen LogP contribution is 2.35. The summed E-state index contributed by atoms with van der Waals surface area (Å²) in [6, 6.07) is 8.46. The van der Waals surface area contributed by atoms with Gasteiger partial charge in [-0.3, -0.25) is 4.79 Å². The van der Waals surface area contributed by atoms with Gasteiger partial charge in [-0.15, -0.1) is 0 Å². The third-order valence-corrected chi connectivity index (χ3v) is 4.66. The fourth-order valence-corrected chi connectivity index (χ4v) is 3.35. The van der Waals surface area contributed by atoms with Gasteiger partial charge in [0.05, 0.1) is 11.5 Å². The van der Waals surface area contributed by atoms with Crippen LogP contribution in [0.4, 0.5) is 0 Å². The zero-order chi connectivity index (χ0) is 15.3. The lowest BCUT2D eigenvalue weighted by molar-refractivity contribution is -0.133. The number of rotatable bonds is 5. The molecule has 1 aliphatic heterocycles. The van der Waals surface area contributed by atoms with Crippen molar-refractivity contribution in [1.82, 2.24) is 10.6 Å². The Morgan fingerprint density at radius 2 is 2.10 bits per heavy atom. The number of nitrogens with one attached hydrogen (secondary N) is 2. The molecular weight excluding hydrogens is 260 g/mol. The number of piperidine rings is 1. The molecule has 2 N–H and O–H groups in total. The molecule has 1 aromatic rings. The summed E-state index contributed by atoms with van der Waals surface area (Å²) >= 11 is 0. The summed E-state index contributed by atoms with van der Waals surface area (Å²) in [7, 11) is 0. The minimum atomic E-state index is -0.169. The van der Waals surface area contributed by atoms with Crippen LogP contribution in [0.25, 0.3) is 0 Å². The number of hydrogen-bond acceptors (Lipinski definition) is 2. The van der Waals surface area contributed by atoms with Crippen molar-refractivity contribution >= 4 is 5.91 Å². The molecule has 3 heteroatoms. The highest BCUT2D eigenvalue weighted by atomic mass is 16.2. The smallest absolute Gasteiger partial charge is 0.226 e. The van der Waals surface area contributed by atoms with E-state index in [1.54, 1.807) is 0 Å². The number of hydrogen-bond donors (Lipinski definition) is 2. The van der Waals surface area contributed by atoms with Gasteiger partial charge in [0, 0.05) is 0 Å². The highest BCUT2D eigenvalue weighted by molar-refractivity contribution is 5.83. The maximum Gasteiger partial charge on any atom is 0.226 e. The second-order valence-electron chi connectivity index (χ2n) is 6.39. The molecule has 1 aromatic carbocycles. The Balaban J connectivity index is 2.07. The summed E-state index contributed by atoms with van der Waals surface area (Å²) in [5.41, 5.74) is 2.25. The van der Waals surface area contributed by atoms with E-state index in [-0.39, 0.29) is 17.4 Å². The van der Waals surface area contributed by atoms with E-state index in [1.807, 2.05) is 0 Å². The standard InChI is InChI=1S/C18H28N2O/c1-4-8-18(9-11-19-12-10-18)17(21)20-15(3)16-7-5-6-14(2)13-16/h5-7,13,15,19H,4,8-12H2,1-3H3,(H,20,21)/t15-/m0/s1. The van der Waals surface area contributed by atoms with Crippen LogP contribution in [0.2, 0.25) is 0 Å². The Hall–Kier alpha value is -1.35. The topological polar surface area (TPSA) is 41.1 Å². The number of carbonyl (C=O) groups excluding carboxylic acids is 1. The Morgan fingerprint density at radius 1 is 1.38 bits per heavy atom. The number of aryl methyl sites for hydroxylation is 1. The molecule has 3 nitrogen and oxygen atoms in total. The maximum absolute atomic E-state index is 12.8. The first-order valence-electron chi connectivity index (χ1n) is 8.16. The van der Waals surface area contributed by atoms with E-state index < -0.39 is 0 Å². The summed E-state index contributed by atoms with van der Waals surface area (Å²) < 4.78 is 0. The van der Waals surface area contributed by atoms with Gasteiger partial charge in [-0.05, 0) is 51.8 Å². The first-order valence-corrected chi connectivity index (χ1v) is 8.16. The predicted octanol–water partition coefficient (Wildman–Crippen LogP) is 3.34. The van der Waals surface area contributed by atoms with Crippen LogP contribution in [0.15, 0.2) is 24.3 Å². The molecule has 0 aromatic heterocycles. The van der Waals surface area contributed by atoms with Crippen molar-refractivity contribution in [2.45, 2.75) is 52.5 Å². The molecule has 1 saturated heterocycles. The van der Waals surface area contributed by atoms with Crippen LogP contribution < -0.4 is 10.6 Å². The molecule has 0 spiro atoms. The van der Waals surface area contributed by atoms with Crippen LogP contribution in [-0.2, 0) is 4.79 Å². The van der Waals surface area contributed by atoms with Crippen LogP contribution in [-0.4, -0.2) is 19.0 Å². The van der Waals surface area contributed by atoms with Crippen molar-refractivity contribution < 1.29 is 4.79 Å². The minimum absolute atomic E-state index is 0.0704. The van der Waals surface area contributed by atoms with E-state index in [4.69, 9.17) is 0 Å². The molecule has 0 aliphatic carbocycles. The van der Waals surface area contributed by atoms with Crippen molar-refractivity contribution in [2.24, 2.45) is 5.41 Å². The van der Waals surface area contributed by atoms with Crippen LogP contribution in [0.1, 0.15) is 56.7 Å². The number of benzene rings is 1. The summed E-state index contributed by atoms with van der Waals surface area (Å²) in [5.74, 6) is 0.236. The van der Waals surface area contributed by atoms with Crippen molar-refractivity contribution in [3.8, 4) is 0 Å². The molecule has 1 atom stereocenters. The number of carbonyl (C=O) groups is 1. The number of amides is 1. The molecule has 1 aliphatic rings. The van der Waals surface area contributed by atoms with Crippen molar-refractivity contribution in [1.29, 1.82) is 0 Å². The van der Waals surface area contributed by atoms with Gasteiger partial charge in [-0.1, -0.05) is 43.2 Å². The van der Waals surface area contributed by atoms with Gasteiger partial charge >= 0.3 is 0 Å². The molecule has 1 heterocycles. The Bertz CT molecular complexity index is 472. The molecule has 116 valence electrons. The second kappa shape index (κ2) is 7.08. The van der Waals surface area contributed by atoms with Gasteiger partial charge in [0.1, 0.15) is 0 Å². The van der Waals surface area contributed by atoms with Crippen molar-refractivity contribution in [3.05, 3.63) is 35.4 Å². The quantitative estimate of drug-likeness (QED) is 0.872. The molecule has 21 heavy (non-hydrogen) atoms. The second-order valence-corrected chi connectivity index (χ2v) is 6.39. The van der Waals surface area contributed by atoms with Crippen LogP contribution in [0.5, 0.6) is 0 Å². The lowest BCUT2D eigenvalue weighted by Gasteiger charge is -2.37. The lowest BCUT2D eigenvalue weighted by atomic mass is 9.74. The van der Waals surface area contributed by atoms with E-state index in [2.05, 4.69) is 55.7 Å². The van der Waals surface area contributed by atoms with E-state index in [0.717, 1.165) is 38.8 Å². The lowest BCUT2D eigenvalue weighted by Crippen LogP contribution is -2.48. The monoisotopic (exact) mass is 288 g/mol. The highest BCUT2D eigenvalue weighted by Gasteiger charge is 2.38. The molecule has 0 radical (unpaired) electrons. The normalized spacial score (nSPS) is 19.0. The largest absolute Gasteiger partial charge is 0.349 e. The van der Waals surface area contributed by atoms with Gasteiger partial charge < -0.3 is 10.6 Å². The summed E-state index contributed by atoms with van der Waals surface area (Å²) in [6.45, 7) is 8.23. The third-order valence-electron chi connectivity index (χ3n) is 4.66. The molecule has 0 saturated carbocycles. The fraction of sp³-hybridized carbons (Fsp3) is 0.611. The van der Waals surface area contributed by atoms with Crippen molar-refractivity contribution in [3.63, 3.8) is 0 Å². The zero-order valence-electron chi connectivity index (χ0n) is 13.5. The van der Waals surface area contributed by atoms with E-state index >= 15 is 0 Å². The van der Waals surface area contributed by atoms with Crippen LogP contribution >= 0.6 is 0 Å². The predicted molar refractivity (Wildman–Crippen MR) is 87.2 cm³/mol.